The highest BCUT2D eigenvalue weighted by molar-refractivity contribution is 5.68. The standard InChI is InChI=1S/C16H23NO3/c1-12(2)13-3-5-14(6-4-13)15(11-16(18)19)17-7-9-20-10-8-17/h3-6,12,15H,7-11H2,1-2H3,(H,18,19). The monoisotopic (exact) mass is 277 g/mol. The van der Waals surface area contributed by atoms with Gasteiger partial charge in [-0.2, -0.15) is 0 Å². The lowest BCUT2D eigenvalue weighted by molar-refractivity contribution is -0.139. The Labute approximate surface area is 120 Å². The van der Waals surface area contributed by atoms with Crippen molar-refractivity contribution in [2.45, 2.75) is 32.2 Å². The lowest BCUT2D eigenvalue weighted by atomic mass is 9.96. The van der Waals surface area contributed by atoms with Crippen LogP contribution in [0.2, 0.25) is 0 Å². The van der Waals surface area contributed by atoms with E-state index in [4.69, 9.17) is 9.84 Å². The SMILES string of the molecule is CC(C)c1ccc(C(CC(=O)O)N2CCOCC2)cc1. The predicted molar refractivity (Wildman–Crippen MR) is 77.9 cm³/mol. The molecular weight excluding hydrogens is 254 g/mol. The van der Waals surface area contributed by atoms with Crippen LogP contribution in [0.3, 0.4) is 0 Å². The van der Waals surface area contributed by atoms with Gasteiger partial charge >= 0.3 is 5.97 Å². The molecule has 0 radical (unpaired) electrons. The maximum absolute atomic E-state index is 11.1. The van der Waals surface area contributed by atoms with E-state index in [0.717, 1.165) is 18.7 Å². The third-order valence-electron chi connectivity index (χ3n) is 3.84. The average Bonchev–Trinajstić information content (AvgIpc) is 2.45. The minimum absolute atomic E-state index is 0.0578. The Kier molecular flexibility index (Phi) is 5.15. The molecule has 0 bridgehead atoms. The molecule has 1 unspecified atom stereocenters. The van der Waals surface area contributed by atoms with Crippen molar-refractivity contribution in [3.63, 3.8) is 0 Å². The van der Waals surface area contributed by atoms with Crippen LogP contribution in [0.4, 0.5) is 0 Å². The first kappa shape index (κ1) is 15.0. The molecule has 1 aliphatic heterocycles. The fourth-order valence-electron chi connectivity index (χ4n) is 2.62. The molecule has 1 N–H and O–H groups in total. The first-order chi connectivity index (χ1) is 9.58. The van der Waals surface area contributed by atoms with Crippen LogP contribution in [-0.2, 0) is 9.53 Å². The van der Waals surface area contributed by atoms with Crippen molar-refractivity contribution in [1.82, 2.24) is 4.90 Å². The Morgan fingerprint density at radius 2 is 1.75 bits per heavy atom. The van der Waals surface area contributed by atoms with Gasteiger partial charge in [0, 0.05) is 19.1 Å². The third-order valence-corrected chi connectivity index (χ3v) is 3.84. The van der Waals surface area contributed by atoms with E-state index in [9.17, 15) is 4.79 Å². The molecule has 1 aromatic rings. The summed E-state index contributed by atoms with van der Waals surface area (Å²) in [5.74, 6) is -0.264. The van der Waals surface area contributed by atoms with E-state index in [-0.39, 0.29) is 12.5 Å². The summed E-state index contributed by atoms with van der Waals surface area (Å²) in [6.45, 7) is 7.27. The van der Waals surface area contributed by atoms with E-state index in [2.05, 4.69) is 43.0 Å². The van der Waals surface area contributed by atoms with Crippen LogP contribution >= 0.6 is 0 Å². The number of hydrogen-bond donors (Lipinski definition) is 1. The number of ether oxygens (including phenoxy) is 1. The van der Waals surface area contributed by atoms with Crippen molar-refractivity contribution in [2.75, 3.05) is 26.3 Å². The number of hydrogen-bond acceptors (Lipinski definition) is 3. The van der Waals surface area contributed by atoms with Gasteiger partial charge in [0.05, 0.1) is 19.6 Å². The van der Waals surface area contributed by atoms with Gasteiger partial charge in [-0.15, -0.1) is 0 Å². The number of benzene rings is 1. The molecular formula is C16H23NO3. The summed E-state index contributed by atoms with van der Waals surface area (Å²) in [4.78, 5) is 13.4. The second kappa shape index (κ2) is 6.86. The largest absolute Gasteiger partial charge is 0.481 e. The van der Waals surface area contributed by atoms with Gasteiger partial charge in [0.1, 0.15) is 0 Å². The molecule has 4 nitrogen and oxygen atoms in total. The molecule has 0 amide bonds. The number of nitrogens with zero attached hydrogens (tertiary/aromatic N) is 1. The highest BCUT2D eigenvalue weighted by atomic mass is 16.5. The van der Waals surface area contributed by atoms with Gasteiger partial charge in [0.25, 0.3) is 0 Å². The smallest absolute Gasteiger partial charge is 0.305 e. The quantitative estimate of drug-likeness (QED) is 0.899. The Bertz CT molecular complexity index is 436. The lowest BCUT2D eigenvalue weighted by Gasteiger charge is -2.34. The average molecular weight is 277 g/mol. The molecule has 1 fully saturated rings. The minimum Gasteiger partial charge on any atom is -0.481 e. The lowest BCUT2D eigenvalue weighted by Crippen LogP contribution is -2.39. The second-order valence-electron chi connectivity index (χ2n) is 5.58. The third kappa shape index (κ3) is 3.81. The molecule has 1 aliphatic rings. The van der Waals surface area contributed by atoms with Gasteiger partial charge in [0.2, 0.25) is 0 Å². The van der Waals surface area contributed by atoms with Gasteiger partial charge in [-0.05, 0) is 17.0 Å². The Morgan fingerprint density at radius 1 is 1.20 bits per heavy atom. The van der Waals surface area contributed by atoms with Gasteiger partial charge in [0.15, 0.2) is 0 Å². The summed E-state index contributed by atoms with van der Waals surface area (Å²) in [5.41, 5.74) is 2.36. The maximum Gasteiger partial charge on any atom is 0.305 e. The fraction of sp³-hybridized carbons (Fsp3) is 0.562. The van der Waals surface area contributed by atoms with Crippen LogP contribution in [0.15, 0.2) is 24.3 Å². The van der Waals surface area contributed by atoms with E-state index in [0.29, 0.717) is 19.1 Å². The zero-order chi connectivity index (χ0) is 14.5. The molecule has 0 saturated carbocycles. The predicted octanol–water partition coefficient (Wildman–Crippen LogP) is 2.66. The molecule has 1 atom stereocenters. The van der Waals surface area contributed by atoms with Crippen LogP contribution in [-0.4, -0.2) is 42.3 Å². The van der Waals surface area contributed by atoms with Crippen LogP contribution in [0.1, 0.15) is 43.4 Å². The molecule has 0 aliphatic carbocycles. The minimum atomic E-state index is -0.755. The number of carboxylic acid groups (broad SMARTS) is 1. The van der Waals surface area contributed by atoms with E-state index in [1.807, 2.05) is 0 Å². The first-order valence-electron chi connectivity index (χ1n) is 7.21. The van der Waals surface area contributed by atoms with Crippen LogP contribution in [0, 0.1) is 0 Å². The highest BCUT2D eigenvalue weighted by Gasteiger charge is 2.24. The number of rotatable bonds is 5. The molecule has 1 aromatic carbocycles. The molecule has 1 heterocycles. The van der Waals surface area contributed by atoms with Gasteiger partial charge < -0.3 is 9.84 Å². The van der Waals surface area contributed by atoms with Crippen molar-refractivity contribution in [3.05, 3.63) is 35.4 Å². The fourth-order valence-corrected chi connectivity index (χ4v) is 2.62. The summed E-state index contributed by atoms with van der Waals surface area (Å²) in [6.07, 6.45) is 0.140. The van der Waals surface area contributed by atoms with E-state index in [1.54, 1.807) is 0 Å². The summed E-state index contributed by atoms with van der Waals surface area (Å²) in [5, 5.41) is 9.16. The van der Waals surface area contributed by atoms with Gasteiger partial charge in [-0.1, -0.05) is 38.1 Å². The molecule has 0 spiro atoms. The first-order valence-corrected chi connectivity index (χ1v) is 7.21. The van der Waals surface area contributed by atoms with Gasteiger partial charge in [-0.3, -0.25) is 9.69 Å². The normalized spacial score (nSPS) is 18.1. The van der Waals surface area contributed by atoms with E-state index < -0.39 is 5.97 Å². The highest BCUT2D eigenvalue weighted by Crippen LogP contribution is 2.27. The summed E-state index contributed by atoms with van der Waals surface area (Å²) < 4.78 is 5.35. The number of carbonyl (C=O) groups is 1. The van der Waals surface area contributed by atoms with E-state index >= 15 is 0 Å². The summed E-state index contributed by atoms with van der Waals surface area (Å²) >= 11 is 0. The Morgan fingerprint density at radius 3 is 2.25 bits per heavy atom. The summed E-state index contributed by atoms with van der Waals surface area (Å²) in [7, 11) is 0. The molecule has 1 saturated heterocycles. The molecule has 20 heavy (non-hydrogen) atoms. The van der Waals surface area contributed by atoms with Crippen molar-refractivity contribution >= 4 is 5.97 Å². The Balaban J connectivity index is 2.18. The van der Waals surface area contributed by atoms with Crippen LogP contribution in [0.25, 0.3) is 0 Å². The molecule has 4 heteroatoms. The van der Waals surface area contributed by atoms with Crippen molar-refractivity contribution in [1.29, 1.82) is 0 Å². The van der Waals surface area contributed by atoms with Crippen molar-refractivity contribution < 1.29 is 14.6 Å². The number of morpholine rings is 1. The zero-order valence-electron chi connectivity index (χ0n) is 12.2. The van der Waals surface area contributed by atoms with E-state index in [1.165, 1.54) is 5.56 Å². The number of carboxylic acids is 1. The Hall–Kier alpha value is -1.39. The van der Waals surface area contributed by atoms with Crippen LogP contribution in [0.5, 0.6) is 0 Å². The number of aliphatic carboxylic acids is 1. The van der Waals surface area contributed by atoms with Gasteiger partial charge in [-0.25, -0.2) is 0 Å². The van der Waals surface area contributed by atoms with Crippen LogP contribution < -0.4 is 0 Å². The molecule has 110 valence electrons. The second-order valence-corrected chi connectivity index (χ2v) is 5.58. The zero-order valence-corrected chi connectivity index (χ0v) is 12.2. The topological polar surface area (TPSA) is 49.8 Å². The maximum atomic E-state index is 11.1. The van der Waals surface area contributed by atoms with Crippen molar-refractivity contribution in [3.8, 4) is 0 Å². The van der Waals surface area contributed by atoms with Crippen molar-refractivity contribution in [2.24, 2.45) is 0 Å². The summed E-state index contributed by atoms with van der Waals surface area (Å²) in [6, 6.07) is 8.29. The molecule has 0 aromatic heterocycles. The molecule has 2 rings (SSSR count).